The van der Waals surface area contributed by atoms with Crippen LogP contribution in [0, 0.1) is 27.5 Å². The molecule has 1 N–H and O–H groups in total. The van der Waals surface area contributed by atoms with Crippen molar-refractivity contribution >= 4 is 5.97 Å². The van der Waals surface area contributed by atoms with Crippen LogP contribution in [0.4, 0.5) is 0 Å². The molecule has 3 unspecified atom stereocenters. The first-order chi connectivity index (χ1) is 13.1. The Balaban J connectivity index is 0.000000500. The fourth-order valence-electron chi connectivity index (χ4n) is 4.09. The third-order valence-electron chi connectivity index (χ3n) is 5.14. The normalized spacial score (nSPS) is 25.0. The zero-order valence-corrected chi connectivity index (χ0v) is 16.5. The second-order valence-corrected chi connectivity index (χ2v) is 7.72. The highest BCUT2D eigenvalue weighted by Crippen LogP contribution is 2.46. The maximum atomic E-state index is 11.5. The van der Waals surface area contributed by atoms with E-state index in [2.05, 4.69) is 29.2 Å². The Bertz CT molecular complexity index is 752. The van der Waals surface area contributed by atoms with E-state index in [-0.39, 0.29) is 12.1 Å². The first-order valence-electron chi connectivity index (χ1n) is 8.78. The van der Waals surface area contributed by atoms with Gasteiger partial charge in [0.1, 0.15) is 6.10 Å². The topological polar surface area (TPSA) is 143 Å². The molecule has 3 aliphatic rings. The van der Waals surface area contributed by atoms with Gasteiger partial charge in [-0.2, -0.15) is 19.2 Å². The van der Waals surface area contributed by atoms with Gasteiger partial charge in [0.2, 0.25) is 0 Å². The summed E-state index contributed by atoms with van der Waals surface area (Å²) in [7, 11) is -4.69. The molecule has 1 aliphatic carbocycles. The van der Waals surface area contributed by atoms with Crippen LogP contribution in [0.1, 0.15) is 32.3 Å². The van der Waals surface area contributed by atoms with E-state index in [0.717, 1.165) is 31.5 Å². The van der Waals surface area contributed by atoms with Crippen molar-refractivity contribution in [2.24, 2.45) is 5.92 Å². The van der Waals surface area contributed by atoms with Crippen LogP contribution in [0.25, 0.3) is 0 Å². The van der Waals surface area contributed by atoms with Crippen molar-refractivity contribution in [1.29, 1.82) is 5.26 Å². The van der Waals surface area contributed by atoms with Crippen LogP contribution in [0.15, 0.2) is 42.0 Å². The van der Waals surface area contributed by atoms with Crippen LogP contribution >= 0.6 is 0 Å². The fourth-order valence-corrected chi connectivity index (χ4v) is 4.09. The van der Waals surface area contributed by atoms with Gasteiger partial charge in [-0.15, -0.1) is 0 Å². The minimum Gasteiger partial charge on any atom is -0.460 e. The van der Waals surface area contributed by atoms with Crippen LogP contribution in [0.2, 0.25) is 0 Å². The summed E-state index contributed by atoms with van der Waals surface area (Å²) in [4.78, 5) is 13.8. The monoisotopic (exact) mass is 410 g/mol. The maximum absolute atomic E-state index is 11.5. The first kappa shape index (κ1) is 22.3. The molecule has 152 valence electrons. The molecule has 2 heterocycles. The van der Waals surface area contributed by atoms with E-state index in [4.69, 9.17) is 23.4 Å². The predicted octanol–water partition coefficient (Wildman–Crippen LogP) is -1.07. The summed E-state index contributed by atoms with van der Waals surface area (Å²) >= 11 is 0. The Morgan fingerprint density at radius 3 is 2.57 bits per heavy atom. The Labute approximate surface area is 166 Å². The van der Waals surface area contributed by atoms with Crippen molar-refractivity contribution in [2.75, 3.05) is 6.54 Å². The van der Waals surface area contributed by atoms with E-state index in [0.29, 0.717) is 5.92 Å². The average molecular weight is 411 g/mol. The average Bonchev–Trinajstić information content (AvgIpc) is 2.61. The summed E-state index contributed by atoms with van der Waals surface area (Å²) in [6, 6.07) is 12.6. The number of hydrogen-bond acceptors (Lipinski definition) is 8. The SMILES string of the molecule is CC(=O)OC(C)C12CCC(C=C1C#N)CN2Cc1ccccc1.[O-][Cl+3]([O-])([O-])O. The molecule has 4 rings (SSSR count). The van der Waals surface area contributed by atoms with Gasteiger partial charge in [-0.25, -0.2) is 0 Å². The molecule has 1 aromatic rings. The quantitative estimate of drug-likeness (QED) is 0.618. The van der Waals surface area contributed by atoms with E-state index >= 15 is 0 Å². The molecule has 0 saturated carbocycles. The summed E-state index contributed by atoms with van der Waals surface area (Å²) in [6.07, 6.45) is 3.65. The van der Waals surface area contributed by atoms with Crippen LogP contribution in [-0.4, -0.2) is 33.7 Å². The maximum Gasteiger partial charge on any atom is 0.302 e. The van der Waals surface area contributed by atoms with Crippen molar-refractivity contribution in [3.63, 3.8) is 0 Å². The number of rotatable bonds is 4. The number of fused-ring (bicyclic) bond motifs is 2. The molecule has 0 amide bonds. The third kappa shape index (κ3) is 5.52. The fraction of sp³-hybridized carbons (Fsp3) is 0.474. The molecule has 9 heteroatoms. The molecule has 1 saturated heterocycles. The molecule has 2 aliphatic heterocycles. The molecule has 8 nitrogen and oxygen atoms in total. The van der Waals surface area contributed by atoms with E-state index in [1.807, 2.05) is 25.1 Å². The molecular weight excluding hydrogens is 388 g/mol. The minimum atomic E-state index is -4.69. The van der Waals surface area contributed by atoms with Crippen LogP contribution < -0.4 is 14.0 Å². The molecule has 1 fully saturated rings. The second kappa shape index (κ2) is 9.01. The number of nitriles is 1. The summed E-state index contributed by atoms with van der Waals surface area (Å²) in [5, 5.41) is 9.66. The number of piperidine rings is 1. The highest BCUT2D eigenvalue weighted by atomic mass is 35.7. The van der Waals surface area contributed by atoms with Gasteiger partial charge in [0.15, 0.2) is 0 Å². The van der Waals surface area contributed by atoms with Crippen molar-refractivity contribution < 1.29 is 38.4 Å². The molecule has 1 aromatic carbocycles. The Morgan fingerprint density at radius 1 is 1.43 bits per heavy atom. The van der Waals surface area contributed by atoms with Gasteiger partial charge in [-0.1, -0.05) is 36.4 Å². The van der Waals surface area contributed by atoms with Gasteiger partial charge >= 0.3 is 5.97 Å². The number of carbonyl (C=O) groups excluding carboxylic acids is 1. The zero-order valence-electron chi connectivity index (χ0n) is 15.7. The van der Waals surface area contributed by atoms with Gasteiger partial charge in [0, 0.05) is 25.6 Å². The third-order valence-corrected chi connectivity index (χ3v) is 5.14. The number of benzene rings is 1. The van der Waals surface area contributed by atoms with Crippen LogP contribution in [0.5, 0.6) is 0 Å². The Kier molecular flexibility index (Phi) is 7.17. The summed E-state index contributed by atoms with van der Waals surface area (Å²) < 4.78 is 38.3. The number of halogens is 1. The van der Waals surface area contributed by atoms with E-state index in [1.165, 1.54) is 12.5 Å². The Hall–Kier alpha value is -1.99. The van der Waals surface area contributed by atoms with Crippen molar-refractivity contribution in [3.8, 4) is 6.07 Å². The molecular formula is C19H23ClN2O6. The molecule has 2 bridgehead atoms. The largest absolute Gasteiger partial charge is 0.460 e. The minimum absolute atomic E-state index is 0.295. The number of ether oxygens (including phenoxy) is 1. The van der Waals surface area contributed by atoms with Gasteiger partial charge in [-0.05, 0) is 31.2 Å². The van der Waals surface area contributed by atoms with Crippen LogP contribution in [0.3, 0.4) is 0 Å². The molecule has 3 atom stereocenters. The summed E-state index contributed by atoms with van der Waals surface area (Å²) in [5.74, 6) is 0.122. The number of esters is 1. The van der Waals surface area contributed by atoms with E-state index in [9.17, 15) is 10.1 Å². The van der Waals surface area contributed by atoms with Gasteiger partial charge < -0.3 is 4.74 Å². The van der Waals surface area contributed by atoms with Crippen molar-refractivity contribution in [1.82, 2.24) is 4.90 Å². The van der Waals surface area contributed by atoms with Gasteiger partial charge in [0.25, 0.3) is 0 Å². The molecule has 0 aromatic heterocycles. The second-order valence-electron chi connectivity index (χ2n) is 6.93. The number of carbonyl (C=O) groups is 1. The number of hydrogen-bond donors (Lipinski definition) is 1. The lowest BCUT2D eigenvalue weighted by Crippen LogP contribution is -2.63. The standard InChI is InChI=1S/C19H22N2O2.ClHO4/c1-14(23-15(2)22)19-9-8-17(10-18(19)11-20)13-21(19)12-16-6-4-3-5-7-16;2-1(3,4)5/h3-7,10,14,17H,8-9,12-13H2,1-2H3;(H,2,3,4,5). The van der Waals surface area contributed by atoms with Crippen LogP contribution in [-0.2, 0) is 16.1 Å². The van der Waals surface area contributed by atoms with Gasteiger partial charge in [-0.3, -0.25) is 9.69 Å². The van der Waals surface area contributed by atoms with E-state index < -0.39 is 15.8 Å². The Morgan fingerprint density at radius 2 is 2.04 bits per heavy atom. The summed E-state index contributed by atoms with van der Waals surface area (Å²) in [5.41, 5.74) is 1.47. The van der Waals surface area contributed by atoms with Crippen molar-refractivity contribution in [2.45, 2.75) is 44.9 Å². The van der Waals surface area contributed by atoms with Crippen molar-refractivity contribution in [3.05, 3.63) is 47.5 Å². The molecule has 28 heavy (non-hydrogen) atoms. The molecule has 0 radical (unpaired) electrons. The van der Waals surface area contributed by atoms with Gasteiger partial charge in [0.05, 0.1) is 26.5 Å². The smallest absolute Gasteiger partial charge is 0.302 e. The summed E-state index contributed by atoms with van der Waals surface area (Å²) in [6.45, 7) is 5.02. The highest BCUT2D eigenvalue weighted by Gasteiger charge is 2.53. The van der Waals surface area contributed by atoms with E-state index in [1.54, 1.807) is 0 Å². The lowest BCUT2D eigenvalue weighted by Gasteiger charge is -2.54. The number of nitrogens with zero attached hydrogens (tertiary/aromatic N) is 2. The lowest BCUT2D eigenvalue weighted by atomic mass is 9.68. The zero-order chi connectivity index (χ0) is 20.9. The highest BCUT2D eigenvalue weighted by molar-refractivity contribution is 5.66. The lowest BCUT2D eigenvalue weighted by molar-refractivity contribution is -1.92. The molecule has 0 spiro atoms. The first-order valence-corrected chi connectivity index (χ1v) is 10.0. The predicted molar refractivity (Wildman–Crippen MR) is 89.4 cm³/mol.